The minimum absolute atomic E-state index is 0.00879. The SMILES string of the molecule is Cc1cccc(-c2noc(CNC(=O)[C@@H]3CCCN(S(=O)(=O)c4ccc(F)cc4)C3)n2)c1. The molecule has 0 saturated carbocycles. The van der Waals surface area contributed by atoms with E-state index in [0.717, 1.165) is 23.3 Å². The Hall–Kier alpha value is -3.11. The number of aryl methyl sites for hydroxylation is 1. The number of hydrogen-bond acceptors (Lipinski definition) is 6. The number of halogens is 1. The van der Waals surface area contributed by atoms with Gasteiger partial charge in [-0.2, -0.15) is 9.29 Å². The molecular formula is C22H23FN4O4S. The standard InChI is InChI=1S/C22H23FN4O4S/c1-15-4-2-5-16(12-15)21-25-20(31-26-21)13-24-22(28)17-6-3-11-27(14-17)32(29,30)19-9-7-18(23)8-10-19/h2,4-5,7-10,12,17H,3,6,11,13-14H2,1H3,(H,24,28)/t17-/m1/s1. The van der Waals surface area contributed by atoms with Gasteiger partial charge in [-0.15, -0.1) is 0 Å². The Balaban J connectivity index is 1.37. The van der Waals surface area contributed by atoms with E-state index in [4.69, 9.17) is 4.52 Å². The summed E-state index contributed by atoms with van der Waals surface area (Å²) in [5.41, 5.74) is 1.89. The number of nitrogens with one attached hydrogen (secondary N) is 1. The molecule has 0 aliphatic carbocycles. The second kappa shape index (κ2) is 9.17. The smallest absolute Gasteiger partial charge is 0.246 e. The maximum atomic E-state index is 13.1. The first kappa shape index (κ1) is 22.1. The van der Waals surface area contributed by atoms with E-state index in [9.17, 15) is 17.6 Å². The van der Waals surface area contributed by atoms with Gasteiger partial charge < -0.3 is 9.84 Å². The fraction of sp³-hybridized carbons (Fsp3) is 0.318. The van der Waals surface area contributed by atoms with Crippen LogP contribution >= 0.6 is 0 Å². The molecule has 0 unspecified atom stereocenters. The van der Waals surface area contributed by atoms with E-state index >= 15 is 0 Å². The molecule has 0 bridgehead atoms. The van der Waals surface area contributed by atoms with Crippen LogP contribution in [0.3, 0.4) is 0 Å². The van der Waals surface area contributed by atoms with Crippen LogP contribution in [0, 0.1) is 18.7 Å². The maximum absolute atomic E-state index is 13.1. The third kappa shape index (κ3) is 4.86. The van der Waals surface area contributed by atoms with Crippen molar-refractivity contribution in [1.82, 2.24) is 19.8 Å². The number of piperidine rings is 1. The highest BCUT2D eigenvalue weighted by Gasteiger charge is 2.33. The third-order valence-corrected chi connectivity index (χ3v) is 7.24. The van der Waals surface area contributed by atoms with E-state index in [1.807, 2.05) is 31.2 Å². The predicted molar refractivity (Wildman–Crippen MR) is 114 cm³/mol. The quantitative estimate of drug-likeness (QED) is 0.609. The number of hydrogen-bond donors (Lipinski definition) is 1. The average molecular weight is 459 g/mol. The van der Waals surface area contributed by atoms with Gasteiger partial charge in [0.25, 0.3) is 0 Å². The van der Waals surface area contributed by atoms with Crippen LogP contribution in [0.1, 0.15) is 24.3 Å². The Bertz CT molecular complexity index is 1210. The fourth-order valence-corrected chi connectivity index (χ4v) is 5.19. The Labute approximate surface area is 185 Å². The van der Waals surface area contributed by atoms with Crippen molar-refractivity contribution in [1.29, 1.82) is 0 Å². The molecule has 1 amide bonds. The number of rotatable bonds is 6. The second-order valence-corrected chi connectivity index (χ2v) is 9.69. The van der Waals surface area contributed by atoms with Crippen molar-refractivity contribution in [2.45, 2.75) is 31.2 Å². The van der Waals surface area contributed by atoms with Crippen molar-refractivity contribution >= 4 is 15.9 Å². The lowest BCUT2D eigenvalue weighted by atomic mass is 9.99. The fourth-order valence-electron chi connectivity index (χ4n) is 3.67. The largest absolute Gasteiger partial charge is 0.347 e. The van der Waals surface area contributed by atoms with Crippen molar-refractivity contribution in [3.8, 4) is 11.4 Å². The van der Waals surface area contributed by atoms with Gasteiger partial charge in [-0.25, -0.2) is 12.8 Å². The molecule has 1 aliphatic rings. The van der Waals surface area contributed by atoms with Crippen LogP contribution in [0.25, 0.3) is 11.4 Å². The number of aromatic nitrogens is 2. The van der Waals surface area contributed by atoms with Crippen molar-refractivity contribution in [3.63, 3.8) is 0 Å². The molecule has 2 heterocycles. The van der Waals surface area contributed by atoms with Gasteiger partial charge in [-0.05, 0) is 50.1 Å². The number of benzene rings is 2. The summed E-state index contributed by atoms with van der Waals surface area (Å²) in [6.45, 7) is 2.39. The Morgan fingerprint density at radius 2 is 2.03 bits per heavy atom. The molecule has 1 aromatic heterocycles. The second-order valence-electron chi connectivity index (χ2n) is 7.76. The Morgan fingerprint density at radius 1 is 1.25 bits per heavy atom. The van der Waals surface area contributed by atoms with Crippen LogP contribution in [-0.4, -0.2) is 41.9 Å². The summed E-state index contributed by atoms with van der Waals surface area (Å²) >= 11 is 0. The van der Waals surface area contributed by atoms with Crippen molar-refractivity contribution in [2.24, 2.45) is 5.92 Å². The first-order valence-electron chi connectivity index (χ1n) is 10.3. The molecule has 8 nitrogen and oxygen atoms in total. The normalized spacial score (nSPS) is 17.2. The highest BCUT2D eigenvalue weighted by molar-refractivity contribution is 7.89. The summed E-state index contributed by atoms with van der Waals surface area (Å²) in [5.74, 6) is -0.586. The van der Waals surface area contributed by atoms with Crippen LogP contribution in [-0.2, 0) is 21.4 Å². The van der Waals surface area contributed by atoms with Crippen LogP contribution in [0.4, 0.5) is 4.39 Å². The lowest BCUT2D eigenvalue weighted by molar-refractivity contribution is -0.126. The van der Waals surface area contributed by atoms with E-state index in [1.54, 1.807) is 0 Å². The first-order valence-corrected chi connectivity index (χ1v) is 11.7. The van der Waals surface area contributed by atoms with Gasteiger partial charge in [-0.3, -0.25) is 4.79 Å². The first-order chi connectivity index (χ1) is 15.3. The van der Waals surface area contributed by atoms with Crippen molar-refractivity contribution in [2.75, 3.05) is 13.1 Å². The van der Waals surface area contributed by atoms with Gasteiger partial charge in [-0.1, -0.05) is 28.9 Å². The molecule has 0 spiro atoms. The van der Waals surface area contributed by atoms with Gasteiger partial charge in [0.2, 0.25) is 27.6 Å². The van der Waals surface area contributed by atoms with Gasteiger partial charge in [0, 0.05) is 18.7 Å². The van der Waals surface area contributed by atoms with Gasteiger partial charge in [0.05, 0.1) is 17.4 Å². The van der Waals surface area contributed by atoms with E-state index in [2.05, 4.69) is 15.5 Å². The van der Waals surface area contributed by atoms with Crippen LogP contribution in [0.15, 0.2) is 57.9 Å². The molecule has 1 saturated heterocycles. The van der Waals surface area contributed by atoms with Gasteiger partial charge in [0.1, 0.15) is 5.82 Å². The zero-order chi connectivity index (χ0) is 22.7. The molecule has 3 aromatic rings. The molecule has 1 atom stereocenters. The lowest BCUT2D eigenvalue weighted by Gasteiger charge is -2.31. The average Bonchev–Trinajstić information content (AvgIpc) is 3.27. The minimum atomic E-state index is -3.80. The summed E-state index contributed by atoms with van der Waals surface area (Å²) in [5, 5.41) is 6.71. The van der Waals surface area contributed by atoms with E-state index in [-0.39, 0.29) is 29.8 Å². The summed E-state index contributed by atoms with van der Waals surface area (Å²) < 4.78 is 45.3. The molecular weight excluding hydrogens is 435 g/mol. The third-order valence-electron chi connectivity index (χ3n) is 5.36. The number of amides is 1. The van der Waals surface area contributed by atoms with Gasteiger partial charge >= 0.3 is 0 Å². The van der Waals surface area contributed by atoms with Crippen LogP contribution in [0.2, 0.25) is 0 Å². The van der Waals surface area contributed by atoms with Crippen molar-refractivity contribution < 1.29 is 22.1 Å². The molecule has 0 radical (unpaired) electrons. The molecule has 32 heavy (non-hydrogen) atoms. The number of sulfonamides is 1. The number of nitrogens with zero attached hydrogens (tertiary/aromatic N) is 3. The summed E-state index contributed by atoms with van der Waals surface area (Å²) in [4.78, 5) is 17.0. The maximum Gasteiger partial charge on any atom is 0.246 e. The Morgan fingerprint density at radius 3 is 2.78 bits per heavy atom. The van der Waals surface area contributed by atoms with Crippen LogP contribution < -0.4 is 5.32 Å². The Kier molecular flexibility index (Phi) is 6.33. The molecule has 1 fully saturated rings. The highest BCUT2D eigenvalue weighted by Crippen LogP contribution is 2.24. The zero-order valence-electron chi connectivity index (χ0n) is 17.5. The molecule has 168 valence electrons. The van der Waals surface area contributed by atoms with Crippen molar-refractivity contribution in [3.05, 3.63) is 65.8 Å². The van der Waals surface area contributed by atoms with Gasteiger partial charge in [0.15, 0.2) is 0 Å². The molecule has 10 heteroatoms. The molecule has 2 aromatic carbocycles. The monoisotopic (exact) mass is 458 g/mol. The predicted octanol–water partition coefficient (Wildman–Crippen LogP) is 2.90. The lowest BCUT2D eigenvalue weighted by Crippen LogP contribution is -2.45. The topological polar surface area (TPSA) is 105 Å². The van der Waals surface area contributed by atoms with Crippen LogP contribution in [0.5, 0.6) is 0 Å². The number of carbonyl (C=O) groups excluding carboxylic acids is 1. The molecule has 1 N–H and O–H groups in total. The number of carbonyl (C=O) groups is 1. The zero-order valence-corrected chi connectivity index (χ0v) is 18.3. The molecule has 4 rings (SSSR count). The summed E-state index contributed by atoms with van der Waals surface area (Å²) in [6.07, 6.45) is 1.12. The van der Waals surface area contributed by atoms with E-state index in [1.165, 1.54) is 16.4 Å². The minimum Gasteiger partial charge on any atom is -0.347 e. The van der Waals surface area contributed by atoms with E-state index in [0.29, 0.717) is 25.2 Å². The molecule has 1 aliphatic heterocycles. The summed E-state index contributed by atoms with van der Waals surface area (Å²) in [6, 6.07) is 12.4. The van der Waals surface area contributed by atoms with E-state index < -0.39 is 21.8 Å². The summed E-state index contributed by atoms with van der Waals surface area (Å²) in [7, 11) is -3.80. The highest BCUT2D eigenvalue weighted by atomic mass is 32.2.